The Balaban J connectivity index is 1.65. The van der Waals surface area contributed by atoms with Gasteiger partial charge >= 0.3 is 0 Å². The van der Waals surface area contributed by atoms with E-state index >= 15 is 0 Å². The minimum atomic E-state index is 0.861. The van der Waals surface area contributed by atoms with Gasteiger partial charge in [-0.2, -0.15) is 0 Å². The molecule has 0 radical (unpaired) electrons. The van der Waals surface area contributed by atoms with Gasteiger partial charge in [0, 0.05) is 6.04 Å². The summed E-state index contributed by atoms with van der Waals surface area (Å²) >= 11 is 0. The lowest BCUT2D eigenvalue weighted by Gasteiger charge is -2.01. The number of hydrogen-bond acceptors (Lipinski definition) is 2. The summed E-state index contributed by atoms with van der Waals surface area (Å²) in [5, 5.41) is 3.52. The van der Waals surface area contributed by atoms with Gasteiger partial charge in [0.25, 0.3) is 0 Å². The molecular formula is C10H22N2. The van der Waals surface area contributed by atoms with Crippen molar-refractivity contribution in [2.75, 3.05) is 13.1 Å². The van der Waals surface area contributed by atoms with Gasteiger partial charge in [-0.05, 0) is 38.8 Å². The lowest BCUT2D eigenvalue weighted by atomic mass is 10.1. The van der Waals surface area contributed by atoms with E-state index in [0.29, 0.717) is 0 Å². The fourth-order valence-corrected chi connectivity index (χ4v) is 1.39. The minimum absolute atomic E-state index is 0.861. The van der Waals surface area contributed by atoms with Crippen LogP contribution in [0.3, 0.4) is 0 Å². The van der Waals surface area contributed by atoms with Crippen LogP contribution in [0.1, 0.15) is 44.9 Å². The molecule has 0 saturated heterocycles. The third-order valence-corrected chi connectivity index (χ3v) is 2.39. The largest absolute Gasteiger partial charge is 0.330 e. The summed E-state index contributed by atoms with van der Waals surface area (Å²) in [6.45, 7) is 2.09. The van der Waals surface area contributed by atoms with Crippen LogP contribution in [0.4, 0.5) is 0 Å². The molecule has 0 bridgehead atoms. The van der Waals surface area contributed by atoms with Crippen LogP contribution in [-0.4, -0.2) is 19.1 Å². The number of nitrogens with two attached hydrogens (primary N) is 1. The zero-order valence-corrected chi connectivity index (χ0v) is 8.02. The summed E-state index contributed by atoms with van der Waals surface area (Å²) in [6, 6.07) is 0.883. The van der Waals surface area contributed by atoms with Crippen LogP contribution in [0, 0.1) is 0 Å². The van der Waals surface area contributed by atoms with Crippen molar-refractivity contribution in [3.8, 4) is 0 Å². The molecule has 0 aromatic rings. The van der Waals surface area contributed by atoms with E-state index in [2.05, 4.69) is 5.32 Å². The summed E-state index contributed by atoms with van der Waals surface area (Å²) in [6.07, 6.45) is 9.43. The number of hydrogen-bond donors (Lipinski definition) is 2. The van der Waals surface area contributed by atoms with Gasteiger partial charge in [-0.3, -0.25) is 0 Å². The number of nitrogens with one attached hydrogen (secondary N) is 1. The van der Waals surface area contributed by atoms with Crippen molar-refractivity contribution < 1.29 is 0 Å². The first-order chi connectivity index (χ1) is 5.93. The van der Waals surface area contributed by atoms with Crippen LogP contribution in [-0.2, 0) is 0 Å². The highest BCUT2D eigenvalue weighted by Crippen LogP contribution is 2.18. The van der Waals surface area contributed by atoms with Crippen LogP contribution in [0.2, 0.25) is 0 Å². The van der Waals surface area contributed by atoms with Gasteiger partial charge in [-0.25, -0.2) is 0 Å². The Morgan fingerprint density at radius 3 is 2.33 bits per heavy atom. The molecule has 1 aliphatic carbocycles. The molecule has 72 valence electrons. The molecule has 1 saturated carbocycles. The zero-order chi connectivity index (χ0) is 8.65. The monoisotopic (exact) mass is 170 g/mol. The van der Waals surface area contributed by atoms with Gasteiger partial charge in [-0.15, -0.1) is 0 Å². The summed E-state index contributed by atoms with van der Waals surface area (Å²) in [5.41, 5.74) is 5.41. The maximum Gasteiger partial charge on any atom is 0.00682 e. The van der Waals surface area contributed by atoms with Crippen molar-refractivity contribution >= 4 is 0 Å². The van der Waals surface area contributed by atoms with Crippen LogP contribution < -0.4 is 11.1 Å². The molecule has 0 aromatic carbocycles. The molecule has 0 spiro atoms. The third kappa shape index (κ3) is 5.56. The first kappa shape index (κ1) is 10.0. The molecule has 0 aromatic heterocycles. The Morgan fingerprint density at radius 1 is 1.00 bits per heavy atom. The van der Waals surface area contributed by atoms with E-state index in [4.69, 9.17) is 5.73 Å². The SMILES string of the molecule is NCCCCCCCNC1CC1. The first-order valence-electron chi connectivity index (χ1n) is 5.37. The normalized spacial score (nSPS) is 16.8. The average molecular weight is 170 g/mol. The Labute approximate surface area is 75.9 Å². The topological polar surface area (TPSA) is 38.0 Å². The number of unbranched alkanes of at least 4 members (excludes halogenated alkanes) is 4. The number of rotatable bonds is 8. The predicted octanol–water partition coefficient (Wildman–Crippen LogP) is 1.65. The average Bonchev–Trinajstić information content (AvgIpc) is 2.87. The van der Waals surface area contributed by atoms with Crippen LogP contribution in [0.25, 0.3) is 0 Å². The van der Waals surface area contributed by atoms with Crippen molar-refractivity contribution in [1.82, 2.24) is 5.32 Å². The molecule has 0 unspecified atom stereocenters. The molecule has 1 rings (SSSR count). The highest BCUT2D eigenvalue weighted by molar-refractivity contribution is 4.80. The van der Waals surface area contributed by atoms with Crippen molar-refractivity contribution in [3.63, 3.8) is 0 Å². The molecule has 12 heavy (non-hydrogen) atoms. The zero-order valence-electron chi connectivity index (χ0n) is 8.02. The molecule has 0 amide bonds. The Bertz CT molecular complexity index is 100. The van der Waals surface area contributed by atoms with Gasteiger partial charge in [-0.1, -0.05) is 19.3 Å². The fraction of sp³-hybridized carbons (Fsp3) is 1.00. The van der Waals surface area contributed by atoms with Gasteiger partial charge in [0.1, 0.15) is 0 Å². The Kier molecular flexibility index (Phi) is 5.37. The van der Waals surface area contributed by atoms with Crippen LogP contribution in [0.15, 0.2) is 0 Å². The molecule has 2 nitrogen and oxygen atoms in total. The van der Waals surface area contributed by atoms with E-state index in [1.807, 2.05) is 0 Å². The summed E-state index contributed by atoms with van der Waals surface area (Å²) in [7, 11) is 0. The van der Waals surface area contributed by atoms with E-state index in [-0.39, 0.29) is 0 Å². The molecular weight excluding hydrogens is 148 g/mol. The van der Waals surface area contributed by atoms with Crippen molar-refractivity contribution in [1.29, 1.82) is 0 Å². The lowest BCUT2D eigenvalue weighted by molar-refractivity contribution is 0.576. The second-order valence-corrected chi connectivity index (χ2v) is 3.78. The lowest BCUT2D eigenvalue weighted by Crippen LogP contribution is -2.17. The van der Waals surface area contributed by atoms with Crippen LogP contribution >= 0.6 is 0 Å². The van der Waals surface area contributed by atoms with Gasteiger partial charge < -0.3 is 11.1 Å². The standard InChI is InChI=1S/C10H22N2/c11-8-4-2-1-3-5-9-12-10-6-7-10/h10,12H,1-9,11H2. The fourth-order valence-electron chi connectivity index (χ4n) is 1.39. The molecule has 2 heteroatoms. The molecule has 1 aliphatic rings. The van der Waals surface area contributed by atoms with E-state index in [1.165, 1.54) is 51.5 Å². The summed E-state index contributed by atoms with van der Waals surface area (Å²) in [4.78, 5) is 0. The first-order valence-corrected chi connectivity index (χ1v) is 5.37. The highest BCUT2D eigenvalue weighted by atomic mass is 14.9. The predicted molar refractivity (Wildman–Crippen MR) is 53.2 cm³/mol. The smallest absolute Gasteiger partial charge is 0.00682 e. The third-order valence-electron chi connectivity index (χ3n) is 2.39. The molecule has 0 heterocycles. The summed E-state index contributed by atoms with van der Waals surface area (Å²) in [5.74, 6) is 0. The molecule has 0 aliphatic heterocycles. The maximum atomic E-state index is 5.41. The van der Waals surface area contributed by atoms with Crippen LogP contribution in [0.5, 0.6) is 0 Å². The van der Waals surface area contributed by atoms with Crippen molar-refractivity contribution in [2.24, 2.45) is 5.73 Å². The second-order valence-electron chi connectivity index (χ2n) is 3.78. The highest BCUT2D eigenvalue weighted by Gasteiger charge is 2.19. The maximum absolute atomic E-state index is 5.41. The van der Waals surface area contributed by atoms with E-state index in [9.17, 15) is 0 Å². The van der Waals surface area contributed by atoms with E-state index in [0.717, 1.165) is 12.6 Å². The molecule has 0 atom stereocenters. The quantitative estimate of drug-likeness (QED) is 0.544. The molecule has 1 fully saturated rings. The molecule has 3 N–H and O–H groups in total. The van der Waals surface area contributed by atoms with E-state index in [1.54, 1.807) is 0 Å². The summed E-state index contributed by atoms with van der Waals surface area (Å²) < 4.78 is 0. The van der Waals surface area contributed by atoms with Crippen molar-refractivity contribution in [2.45, 2.75) is 51.0 Å². The Hall–Kier alpha value is -0.0800. The van der Waals surface area contributed by atoms with Gasteiger partial charge in [0.2, 0.25) is 0 Å². The van der Waals surface area contributed by atoms with Gasteiger partial charge in [0.15, 0.2) is 0 Å². The van der Waals surface area contributed by atoms with E-state index < -0.39 is 0 Å². The van der Waals surface area contributed by atoms with Gasteiger partial charge in [0.05, 0.1) is 0 Å². The minimum Gasteiger partial charge on any atom is -0.330 e. The second kappa shape index (κ2) is 6.44. The Morgan fingerprint density at radius 2 is 1.67 bits per heavy atom. The van der Waals surface area contributed by atoms with Crippen molar-refractivity contribution in [3.05, 3.63) is 0 Å².